The molecule has 0 aliphatic carbocycles. The number of rotatable bonds is 11. The Balaban J connectivity index is 1.47. The fraction of sp³-hybridized carbons (Fsp3) is 0.891. The van der Waals surface area contributed by atoms with Gasteiger partial charge < -0.3 is 35.1 Å². The lowest BCUT2D eigenvalue weighted by Crippen LogP contribution is -2.70. The van der Waals surface area contributed by atoms with E-state index in [-0.39, 0.29) is 57.1 Å². The lowest BCUT2D eigenvalue weighted by Gasteiger charge is -2.51. The fourth-order valence-corrected chi connectivity index (χ4v) is 12.3. The van der Waals surface area contributed by atoms with Crippen molar-refractivity contribution < 1.29 is 9.59 Å². The summed E-state index contributed by atoms with van der Waals surface area (Å²) in [5, 5.41) is 15.0. The summed E-state index contributed by atoms with van der Waals surface area (Å²) in [5.74, 6) is 2.32. The Morgan fingerprint density at radius 1 is 0.500 bits per heavy atom. The minimum absolute atomic E-state index is 0.118. The molecule has 2 amide bonds. The number of aromatic nitrogens is 3. The number of amides is 2. The lowest BCUT2D eigenvalue weighted by atomic mass is 9.79. The highest BCUT2D eigenvalue weighted by molar-refractivity contribution is 5.87. The number of piperidine rings is 3. The summed E-state index contributed by atoms with van der Waals surface area (Å²) in [6.07, 6.45) is 7.02. The van der Waals surface area contributed by atoms with E-state index in [4.69, 9.17) is 15.0 Å². The highest BCUT2D eigenvalue weighted by atomic mass is 16.2. The van der Waals surface area contributed by atoms with Crippen LogP contribution in [0.3, 0.4) is 0 Å². The first-order chi connectivity index (χ1) is 27.4. The Hall–Kier alpha value is -2.81. The van der Waals surface area contributed by atoms with Gasteiger partial charge in [0.15, 0.2) is 0 Å². The van der Waals surface area contributed by atoms with Crippen LogP contribution in [0.5, 0.6) is 0 Å². The van der Waals surface area contributed by atoms with E-state index in [9.17, 15) is 9.59 Å². The van der Waals surface area contributed by atoms with Gasteiger partial charge in [-0.25, -0.2) is 0 Å². The second-order valence-electron chi connectivity index (χ2n) is 24.3. The molecule has 0 bridgehead atoms. The molecule has 6 heterocycles. The average molecular weight is 837 g/mol. The van der Waals surface area contributed by atoms with Crippen LogP contribution in [0.1, 0.15) is 156 Å². The van der Waals surface area contributed by atoms with Crippen molar-refractivity contribution in [2.75, 3.05) is 67.1 Å². The van der Waals surface area contributed by atoms with Crippen LogP contribution in [-0.2, 0) is 9.59 Å². The third-order valence-corrected chi connectivity index (χ3v) is 13.3. The first-order valence-electron chi connectivity index (χ1n) is 23.2. The van der Waals surface area contributed by atoms with Crippen LogP contribution in [0.4, 0.5) is 17.8 Å². The molecule has 1 aromatic heterocycles. The monoisotopic (exact) mass is 837 g/mol. The van der Waals surface area contributed by atoms with Gasteiger partial charge in [0.05, 0.1) is 11.1 Å². The van der Waals surface area contributed by atoms with Crippen LogP contribution >= 0.6 is 0 Å². The van der Waals surface area contributed by atoms with Gasteiger partial charge in [-0.15, -0.1) is 0 Å². The molecule has 0 atom stereocenters. The zero-order valence-corrected chi connectivity index (χ0v) is 40.7. The van der Waals surface area contributed by atoms with Gasteiger partial charge in [-0.1, -0.05) is 0 Å². The summed E-state index contributed by atoms with van der Waals surface area (Å²) in [6.45, 7) is 40.5. The zero-order valence-electron chi connectivity index (χ0n) is 40.7. The smallest absolute Gasteiger partial charge is 0.242 e. The van der Waals surface area contributed by atoms with Gasteiger partial charge >= 0.3 is 0 Å². The number of hydrogen-bond acceptors (Lipinski definition) is 12. The quantitative estimate of drug-likeness (QED) is 0.237. The van der Waals surface area contributed by atoms with E-state index < -0.39 is 11.1 Å². The van der Waals surface area contributed by atoms with Crippen molar-refractivity contribution in [3.63, 3.8) is 0 Å². The fourth-order valence-electron chi connectivity index (χ4n) is 12.3. The van der Waals surface area contributed by atoms with Gasteiger partial charge in [-0.2, -0.15) is 15.0 Å². The van der Waals surface area contributed by atoms with E-state index in [1.165, 1.54) is 6.42 Å². The Kier molecular flexibility index (Phi) is 12.5. The molecule has 5 fully saturated rings. The highest BCUT2D eigenvalue weighted by Gasteiger charge is 2.47. The molecule has 4 N–H and O–H groups in total. The molecule has 0 radical (unpaired) electrons. The summed E-state index contributed by atoms with van der Waals surface area (Å²) >= 11 is 0. The summed E-state index contributed by atoms with van der Waals surface area (Å²) in [4.78, 5) is 55.8. The van der Waals surface area contributed by atoms with Gasteiger partial charge in [0.1, 0.15) is 0 Å². The third-order valence-electron chi connectivity index (χ3n) is 13.3. The number of anilines is 3. The first-order valence-corrected chi connectivity index (χ1v) is 23.2. The molecule has 340 valence electrons. The highest BCUT2D eigenvalue weighted by Crippen LogP contribution is 2.37. The van der Waals surface area contributed by atoms with Crippen LogP contribution in [0.2, 0.25) is 0 Å². The van der Waals surface area contributed by atoms with Crippen molar-refractivity contribution in [2.45, 2.75) is 212 Å². The summed E-state index contributed by atoms with van der Waals surface area (Å²) in [6, 6.07) is 0.237. The molecule has 0 aromatic carbocycles. The van der Waals surface area contributed by atoms with Crippen molar-refractivity contribution in [3.8, 4) is 0 Å². The predicted molar refractivity (Wildman–Crippen MR) is 245 cm³/mol. The Bertz CT molecular complexity index is 1580. The van der Waals surface area contributed by atoms with Crippen molar-refractivity contribution in [1.82, 2.24) is 46.0 Å². The average Bonchev–Trinajstić information content (AvgIpc) is 3.05. The largest absolute Gasteiger partial charge is 0.341 e. The number of hydrogen-bond donors (Lipinski definition) is 4. The van der Waals surface area contributed by atoms with Crippen molar-refractivity contribution in [3.05, 3.63) is 0 Å². The number of carbonyl (C=O) groups excluding carboxylic acids is 2. The summed E-state index contributed by atoms with van der Waals surface area (Å²) in [7, 11) is 0. The second kappa shape index (κ2) is 16.1. The van der Waals surface area contributed by atoms with E-state index in [1.807, 2.05) is 37.5 Å². The molecule has 1 aromatic rings. The maximum Gasteiger partial charge on any atom is 0.242 e. The molecular formula is C46H84N12O2. The van der Waals surface area contributed by atoms with Crippen LogP contribution in [0, 0.1) is 0 Å². The SMILES string of the molecule is CC1(C)CC(N(CCN2CC(C)(C)NC(C)(C)C2=O)c2nc(N3CCCCC3)nc(N(CCN3CC(C)(C)NC(C)(C)C3=O)C3CC(C)(C)NC(C)(C)C3)n2)CC(C)(C)N1. The molecule has 5 aliphatic rings. The second-order valence-corrected chi connectivity index (χ2v) is 24.3. The standard InChI is InChI=1S/C46H84N12O2/c1-39(2)26-32(27-40(3,4)50-39)57(24-22-55-30-43(9,10)52-45(13,14)34(55)59)37-47-36(54-20-18-17-19-21-54)48-38(49-37)58(33-28-41(5,6)51-42(7,8)29-33)25-23-56-31-44(11,12)53-46(15,16)35(56)60/h32-33,50-53H,17-31H2,1-16H3. The molecule has 14 heteroatoms. The van der Waals surface area contributed by atoms with Gasteiger partial charge in [-0.3, -0.25) is 20.2 Å². The van der Waals surface area contributed by atoms with E-state index in [2.05, 4.69) is 119 Å². The maximum atomic E-state index is 14.0. The normalized spacial score (nSPS) is 27.2. The lowest BCUT2D eigenvalue weighted by molar-refractivity contribution is -0.143. The van der Waals surface area contributed by atoms with Gasteiger partial charge in [-0.05, 0) is 156 Å². The zero-order chi connectivity index (χ0) is 44.5. The molecule has 0 unspecified atom stereocenters. The number of nitrogens with one attached hydrogen (secondary N) is 4. The number of carbonyl (C=O) groups is 2. The molecule has 6 rings (SSSR count). The van der Waals surface area contributed by atoms with Crippen molar-refractivity contribution >= 4 is 29.7 Å². The van der Waals surface area contributed by atoms with Gasteiger partial charge in [0, 0.05) is 97.7 Å². The van der Waals surface area contributed by atoms with Crippen molar-refractivity contribution in [2.24, 2.45) is 0 Å². The van der Waals surface area contributed by atoms with Crippen LogP contribution in [0.15, 0.2) is 0 Å². The third kappa shape index (κ3) is 11.0. The number of nitrogens with zero attached hydrogens (tertiary/aromatic N) is 8. The number of piperazine rings is 2. The molecule has 14 nitrogen and oxygen atoms in total. The van der Waals surface area contributed by atoms with E-state index >= 15 is 0 Å². The molecule has 5 saturated heterocycles. The molecule has 5 aliphatic heterocycles. The minimum Gasteiger partial charge on any atom is -0.341 e. The van der Waals surface area contributed by atoms with E-state index in [0.717, 1.165) is 57.6 Å². The Morgan fingerprint density at radius 3 is 1.20 bits per heavy atom. The maximum absolute atomic E-state index is 14.0. The summed E-state index contributed by atoms with van der Waals surface area (Å²) < 4.78 is 0. The van der Waals surface area contributed by atoms with Gasteiger partial charge in [0.2, 0.25) is 29.7 Å². The van der Waals surface area contributed by atoms with Gasteiger partial charge in [0.25, 0.3) is 0 Å². The topological polar surface area (TPSA) is 137 Å². The van der Waals surface area contributed by atoms with E-state index in [1.54, 1.807) is 0 Å². The van der Waals surface area contributed by atoms with Crippen LogP contribution in [0.25, 0.3) is 0 Å². The molecular weight excluding hydrogens is 753 g/mol. The van der Waals surface area contributed by atoms with Crippen LogP contribution in [-0.4, -0.2) is 145 Å². The van der Waals surface area contributed by atoms with E-state index in [0.29, 0.717) is 51.2 Å². The van der Waals surface area contributed by atoms with Crippen LogP contribution < -0.4 is 36.0 Å². The molecule has 0 saturated carbocycles. The molecule has 0 spiro atoms. The first kappa shape index (κ1) is 46.7. The Labute approximate surface area is 363 Å². The summed E-state index contributed by atoms with van der Waals surface area (Å²) in [5.41, 5.74) is -2.28. The Morgan fingerprint density at radius 2 is 0.850 bits per heavy atom. The predicted octanol–water partition coefficient (Wildman–Crippen LogP) is 5.07. The minimum atomic E-state index is -0.666. The molecule has 60 heavy (non-hydrogen) atoms. The van der Waals surface area contributed by atoms with Crippen molar-refractivity contribution in [1.29, 1.82) is 0 Å².